The number of nitrogens with one attached hydrogen (secondary N) is 1. The van der Waals surface area contributed by atoms with Crippen molar-refractivity contribution in [3.8, 4) is 0 Å². The van der Waals surface area contributed by atoms with Gasteiger partial charge in [-0.3, -0.25) is 0 Å². The number of rotatable bonds is 2. The zero-order valence-electron chi connectivity index (χ0n) is 5.14. The van der Waals surface area contributed by atoms with Crippen LogP contribution in [0.15, 0.2) is 5.10 Å². The quantitative estimate of drug-likeness (QED) is 0.456. The Morgan fingerprint density at radius 2 is 2.20 bits per heavy atom. The minimum atomic E-state index is -2.72. The van der Waals surface area contributed by atoms with Crippen molar-refractivity contribution in [3.63, 3.8) is 0 Å². The molecule has 0 fully saturated rings. The molecule has 10 heavy (non-hydrogen) atoms. The van der Waals surface area contributed by atoms with Gasteiger partial charge in [-0.15, -0.1) is 0 Å². The van der Waals surface area contributed by atoms with E-state index in [4.69, 9.17) is 5.11 Å². The van der Waals surface area contributed by atoms with Crippen molar-refractivity contribution < 1.29 is 18.7 Å². The molecular formula is C4H6F2N2O2. The summed E-state index contributed by atoms with van der Waals surface area (Å²) in [6.07, 6.45) is -4.17. The lowest BCUT2D eigenvalue weighted by atomic mass is 10.5. The third-order valence-electron chi connectivity index (χ3n) is 0.644. The third kappa shape index (κ3) is 3.76. The summed E-state index contributed by atoms with van der Waals surface area (Å²) < 4.78 is 23.0. The van der Waals surface area contributed by atoms with Crippen molar-refractivity contribution in [2.75, 3.05) is 0 Å². The van der Waals surface area contributed by atoms with Crippen LogP contribution in [0.4, 0.5) is 13.6 Å². The van der Waals surface area contributed by atoms with Gasteiger partial charge in [0.25, 0.3) is 6.43 Å². The lowest BCUT2D eigenvalue weighted by molar-refractivity contribution is 0.194. The monoisotopic (exact) mass is 152 g/mol. The minimum Gasteiger partial charge on any atom is -0.464 e. The molecule has 0 aliphatic heterocycles. The second-order valence-corrected chi connectivity index (χ2v) is 1.47. The Bertz CT molecular complexity index is 157. The van der Waals surface area contributed by atoms with Crippen molar-refractivity contribution in [3.05, 3.63) is 0 Å². The number of carbonyl (C=O) groups is 1. The number of hydrazone groups is 1. The molecule has 1 amide bonds. The Morgan fingerprint density at radius 3 is 2.50 bits per heavy atom. The summed E-state index contributed by atoms with van der Waals surface area (Å²) in [5.74, 6) is 0. The first-order valence-corrected chi connectivity index (χ1v) is 2.35. The number of amides is 1. The van der Waals surface area contributed by atoms with E-state index in [1.54, 1.807) is 0 Å². The van der Waals surface area contributed by atoms with E-state index in [0.29, 0.717) is 0 Å². The Balaban J connectivity index is 3.80. The first-order valence-electron chi connectivity index (χ1n) is 2.35. The van der Waals surface area contributed by atoms with Crippen LogP contribution in [-0.2, 0) is 0 Å². The minimum absolute atomic E-state index is 0.553. The van der Waals surface area contributed by atoms with Crippen molar-refractivity contribution in [1.82, 2.24) is 5.43 Å². The second-order valence-electron chi connectivity index (χ2n) is 1.47. The Hall–Kier alpha value is -1.20. The van der Waals surface area contributed by atoms with Crippen LogP contribution in [0.25, 0.3) is 0 Å². The second kappa shape index (κ2) is 3.76. The van der Waals surface area contributed by atoms with Crippen LogP contribution in [0.1, 0.15) is 6.92 Å². The van der Waals surface area contributed by atoms with Gasteiger partial charge in [0.15, 0.2) is 0 Å². The lowest BCUT2D eigenvalue weighted by Crippen LogP contribution is -2.18. The number of hydrogen-bond donors (Lipinski definition) is 2. The first-order chi connectivity index (χ1) is 4.54. The van der Waals surface area contributed by atoms with Gasteiger partial charge in [-0.05, 0) is 6.92 Å². The molecule has 0 aromatic rings. The molecular weight excluding hydrogens is 146 g/mol. The Kier molecular flexibility index (Phi) is 3.30. The molecule has 0 aromatic heterocycles. The van der Waals surface area contributed by atoms with Gasteiger partial charge in [-0.2, -0.15) is 5.10 Å². The highest BCUT2D eigenvalue weighted by atomic mass is 19.3. The molecule has 58 valence electrons. The molecule has 2 N–H and O–H groups in total. The van der Waals surface area contributed by atoms with Crippen LogP contribution in [0.3, 0.4) is 0 Å². The van der Waals surface area contributed by atoms with Gasteiger partial charge in [-0.1, -0.05) is 0 Å². The van der Waals surface area contributed by atoms with Crippen LogP contribution in [0.5, 0.6) is 0 Å². The van der Waals surface area contributed by atoms with E-state index in [1.807, 2.05) is 0 Å². The number of alkyl halides is 2. The van der Waals surface area contributed by atoms with Gasteiger partial charge in [-0.25, -0.2) is 19.0 Å². The van der Waals surface area contributed by atoms with Gasteiger partial charge in [0, 0.05) is 0 Å². The van der Waals surface area contributed by atoms with Crippen molar-refractivity contribution in [2.24, 2.45) is 5.10 Å². The topological polar surface area (TPSA) is 61.7 Å². The number of nitrogens with zero attached hydrogens (tertiary/aromatic N) is 1. The predicted octanol–water partition coefficient (Wildman–Crippen LogP) is 0.895. The number of halogens is 2. The van der Waals surface area contributed by atoms with E-state index in [-0.39, 0.29) is 0 Å². The highest BCUT2D eigenvalue weighted by Gasteiger charge is 2.06. The molecule has 6 heteroatoms. The summed E-state index contributed by atoms with van der Waals surface area (Å²) in [7, 11) is 0. The highest BCUT2D eigenvalue weighted by molar-refractivity contribution is 5.85. The van der Waals surface area contributed by atoms with E-state index in [2.05, 4.69) is 5.10 Å². The number of carboxylic acid groups (broad SMARTS) is 1. The van der Waals surface area contributed by atoms with Gasteiger partial charge >= 0.3 is 6.09 Å². The average molecular weight is 152 g/mol. The number of hydrogen-bond acceptors (Lipinski definition) is 2. The molecule has 0 spiro atoms. The maximum atomic E-state index is 11.5. The van der Waals surface area contributed by atoms with Crippen molar-refractivity contribution in [1.29, 1.82) is 0 Å². The maximum Gasteiger partial charge on any atom is 0.425 e. The SMILES string of the molecule is C/C(=N\NC(=O)O)C(F)F. The van der Waals surface area contributed by atoms with Gasteiger partial charge in [0.05, 0.1) is 0 Å². The van der Waals surface area contributed by atoms with Crippen LogP contribution in [0, 0.1) is 0 Å². The molecule has 0 radical (unpaired) electrons. The normalized spacial score (nSPS) is 11.8. The predicted molar refractivity (Wildman–Crippen MR) is 30.3 cm³/mol. The average Bonchev–Trinajstić information content (AvgIpc) is 1.82. The van der Waals surface area contributed by atoms with Crippen LogP contribution >= 0.6 is 0 Å². The molecule has 0 rings (SSSR count). The molecule has 0 aliphatic rings. The van der Waals surface area contributed by atoms with Crippen molar-refractivity contribution in [2.45, 2.75) is 13.3 Å². The van der Waals surface area contributed by atoms with E-state index >= 15 is 0 Å². The lowest BCUT2D eigenvalue weighted by Gasteiger charge is -1.95. The highest BCUT2D eigenvalue weighted by Crippen LogP contribution is 1.93. The van der Waals surface area contributed by atoms with Crippen LogP contribution in [-0.4, -0.2) is 23.3 Å². The maximum absolute atomic E-state index is 11.5. The van der Waals surface area contributed by atoms with E-state index < -0.39 is 18.2 Å². The summed E-state index contributed by atoms with van der Waals surface area (Å²) in [5.41, 5.74) is 0.898. The van der Waals surface area contributed by atoms with Crippen molar-refractivity contribution >= 4 is 11.8 Å². The summed E-state index contributed by atoms with van der Waals surface area (Å²) in [6.45, 7) is 1.03. The summed E-state index contributed by atoms with van der Waals surface area (Å²) in [4.78, 5) is 9.66. The van der Waals surface area contributed by atoms with E-state index in [0.717, 1.165) is 6.92 Å². The molecule has 0 unspecified atom stereocenters. The van der Waals surface area contributed by atoms with Gasteiger partial charge < -0.3 is 5.11 Å². The molecule has 4 nitrogen and oxygen atoms in total. The molecule has 0 saturated heterocycles. The zero-order chi connectivity index (χ0) is 8.15. The van der Waals surface area contributed by atoms with Crippen LogP contribution in [0.2, 0.25) is 0 Å². The van der Waals surface area contributed by atoms with Gasteiger partial charge in [0.1, 0.15) is 5.71 Å². The Labute approximate surface area is 55.5 Å². The molecule has 0 aliphatic carbocycles. The van der Waals surface area contributed by atoms with E-state index in [1.165, 1.54) is 5.43 Å². The first kappa shape index (κ1) is 8.80. The molecule has 0 aromatic carbocycles. The fourth-order valence-electron chi connectivity index (χ4n) is 0.185. The standard InChI is InChI=1S/C4H6F2N2O2/c1-2(3(5)6)7-8-4(9)10/h3,8H,1H3,(H,9,10)/b7-2+. The van der Waals surface area contributed by atoms with Gasteiger partial charge in [0.2, 0.25) is 0 Å². The molecule has 0 bridgehead atoms. The fourth-order valence-corrected chi connectivity index (χ4v) is 0.185. The largest absolute Gasteiger partial charge is 0.464 e. The summed E-state index contributed by atoms with van der Waals surface area (Å²) >= 11 is 0. The molecule has 0 saturated carbocycles. The molecule has 0 atom stereocenters. The smallest absolute Gasteiger partial charge is 0.425 e. The van der Waals surface area contributed by atoms with E-state index in [9.17, 15) is 13.6 Å². The summed E-state index contributed by atoms with van der Waals surface area (Å²) in [5, 5.41) is 10.7. The third-order valence-corrected chi connectivity index (χ3v) is 0.644. The summed E-state index contributed by atoms with van der Waals surface area (Å²) in [6, 6.07) is 0. The molecule has 0 heterocycles. The fraction of sp³-hybridized carbons (Fsp3) is 0.500. The van der Waals surface area contributed by atoms with Crippen LogP contribution < -0.4 is 5.43 Å². The Morgan fingerprint density at radius 1 is 1.70 bits per heavy atom. The zero-order valence-corrected chi connectivity index (χ0v) is 5.14.